The average Bonchev–Trinajstić information content (AvgIpc) is 2.55. The Labute approximate surface area is 143 Å². The minimum atomic E-state index is -2.34. The molecule has 0 aromatic heterocycles. The lowest BCUT2D eigenvalue weighted by molar-refractivity contribution is 0.573. The Balaban J connectivity index is 2.69. The molecule has 128 valence electrons. The number of benzene rings is 1. The van der Waals surface area contributed by atoms with Crippen molar-refractivity contribution < 1.29 is 4.57 Å². The van der Waals surface area contributed by atoms with Crippen molar-refractivity contribution in [2.24, 2.45) is 0 Å². The second-order valence-electron chi connectivity index (χ2n) is 6.56. The first-order valence-corrected chi connectivity index (χ1v) is 11.4. The van der Waals surface area contributed by atoms with Crippen molar-refractivity contribution in [2.75, 3.05) is 12.3 Å². The molecule has 1 aromatic rings. The van der Waals surface area contributed by atoms with Gasteiger partial charge in [-0.1, -0.05) is 76.0 Å². The quantitative estimate of drug-likeness (QED) is 0.261. The zero-order valence-electron chi connectivity index (χ0n) is 15.2. The van der Waals surface area contributed by atoms with Crippen molar-refractivity contribution in [3.05, 3.63) is 35.4 Å². The van der Waals surface area contributed by atoms with Crippen LogP contribution in [0.25, 0.3) is 0 Å². The highest BCUT2D eigenvalue weighted by Gasteiger charge is 2.18. The Bertz CT molecular complexity index is 517. The fraction of sp³-hybridized carbons (Fsp3) is 0.619. The highest BCUT2D eigenvalue weighted by Crippen LogP contribution is 2.46. The van der Waals surface area contributed by atoms with Crippen LogP contribution in [-0.4, -0.2) is 12.3 Å². The van der Waals surface area contributed by atoms with Crippen LogP contribution < -0.4 is 0 Å². The van der Waals surface area contributed by atoms with Gasteiger partial charge in [-0.25, -0.2) is 0 Å². The maximum absolute atomic E-state index is 13.2. The van der Waals surface area contributed by atoms with Crippen LogP contribution in [0.4, 0.5) is 0 Å². The standard InChI is InChI=1S/C21H33OP/c1-4-6-8-10-17-23(22,18-11-9-7-5-2)19-16-21-14-12-20(3)13-15-21/h12-15H,4-11,17-18H2,1-3H3. The first-order chi connectivity index (χ1) is 11.1. The zero-order chi connectivity index (χ0) is 17.0. The summed E-state index contributed by atoms with van der Waals surface area (Å²) in [6.07, 6.45) is 11.0. The highest BCUT2D eigenvalue weighted by atomic mass is 31.2. The van der Waals surface area contributed by atoms with Gasteiger partial charge in [-0.2, -0.15) is 0 Å². The molecule has 1 aromatic carbocycles. The molecule has 0 bridgehead atoms. The Kier molecular flexibility index (Phi) is 10.1. The molecular formula is C21H33OP. The van der Waals surface area contributed by atoms with Gasteiger partial charge < -0.3 is 4.57 Å². The van der Waals surface area contributed by atoms with E-state index in [9.17, 15) is 4.57 Å². The van der Waals surface area contributed by atoms with E-state index in [4.69, 9.17) is 0 Å². The Morgan fingerprint density at radius 3 is 1.83 bits per heavy atom. The van der Waals surface area contributed by atoms with Gasteiger partial charge in [-0.05, 0) is 37.6 Å². The molecule has 0 saturated heterocycles. The van der Waals surface area contributed by atoms with E-state index >= 15 is 0 Å². The zero-order valence-corrected chi connectivity index (χ0v) is 16.1. The van der Waals surface area contributed by atoms with Crippen molar-refractivity contribution in [2.45, 2.75) is 72.1 Å². The van der Waals surface area contributed by atoms with Crippen LogP contribution in [0.1, 0.15) is 76.3 Å². The molecular weight excluding hydrogens is 299 g/mol. The summed E-state index contributed by atoms with van der Waals surface area (Å²) in [6.45, 7) is 6.49. The van der Waals surface area contributed by atoms with Crippen molar-refractivity contribution in [3.8, 4) is 11.6 Å². The summed E-state index contributed by atoms with van der Waals surface area (Å²) in [4.78, 5) is 0. The molecule has 0 N–H and O–H groups in total. The molecule has 1 nitrogen and oxygen atoms in total. The molecule has 1 rings (SSSR count). The van der Waals surface area contributed by atoms with Crippen LogP contribution in [0.5, 0.6) is 0 Å². The summed E-state index contributed by atoms with van der Waals surface area (Å²) >= 11 is 0. The lowest BCUT2D eigenvalue weighted by atomic mass is 10.2. The largest absolute Gasteiger partial charge is 0.310 e. The molecule has 0 unspecified atom stereocenters. The predicted octanol–water partition coefficient (Wildman–Crippen LogP) is 6.83. The van der Waals surface area contributed by atoms with Gasteiger partial charge in [0.1, 0.15) is 0 Å². The summed E-state index contributed by atoms with van der Waals surface area (Å²) in [7, 11) is -2.34. The lowest BCUT2D eigenvalue weighted by Gasteiger charge is -2.12. The fourth-order valence-electron chi connectivity index (χ4n) is 2.61. The van der Waals surface area contributed by atoms with Crippen molar-refractivity contribution >= 4 is 7.14 Å². The molecule has 0 aliphatic carbocycles. The second kappa shape index (κ2) is 11.5. The van der Waals surface area contributed by atoms with Crippen LogP contribution in [0.2, 0.25) is 0 Å². The smallest absolute Gasteiger partial charge is 0.155 e. The normalized spacial score (nSPS) is 11.1. The Morgan fingerprint density at radius 2 is 1.35 bits per heavy atom. The molecule has 2 heteroatoms. The third-order valence-electron chi connectivity index (χ3n) is 4.20. The van der Waals surface area contributed by atoms with Crippen LogP contribution in [0, 0.1) is 18.5 Å². The maximum Gasteiger partial charge on any atom is 0.155 e. The van der Waals surface area contributed by atoms with Gasteiger partial charge in [0.15, 0.2) is 7.14 Å². The Hall–Kier alpha value is -0.990. The van der Waals surface area contributed by atoms with Gasteiger partial charge in [0, 0.05) is 17.9 Å². The van der Waals surface area contributed by atoms with Gasteiger partial charge in [-0.15, -0.1) is 0 Å². The molecule has 0 aliphatic rings. The minimum absolute atomic E-state index is 0.804. The number of aryl methyl sites for hydroxylation is 1. The van der Waals surface area contributed by atoms with Crippen molar-refractivity contribution in [1.29, 1.82) is 0 Å². The minimum Gasteiger partial charge on any atom is -0.310 e. The first-order valence-electron chi connectivity index (χ1n) is 9.27. The van der Waals surface area contributed by atoms with Gasteiger partial charge >= 0.3 is 0 Å². The van der Waals surface area contributed by atoms with Gasteiger partial charge in [0.25, 0.3) is 0 Å². The van der Waals surface area contributed by atoms with Crippen molar-refractivity contribution in [1.82, 2.24) is 0 Å². The third-order valence-corrected chi connectivity index (χ3v) is 6.80. The van der Waals surface area contributed by atoms with E-state index in [0.717, 1.165) is 30.7 Å². The number of hydrogen-bond acceptors (Lipinski definition) is 1. The number of rotatable bonds is 10. The maximum atomic E-state index is 13.2. The molecule has 0 radical (unpaired) electrons. The summed E-state index contributed by atoms with van der Waals surface area (Å²) in [5.74, 6) is 3.18. The van der Waals surface area contributed by atoms with Crippen LogP contribution in [-0.2, 0) is 4.57 Å². The predicted molar refractivity (Wildman–Crippen MR) is 104 cm³/mol. The third kappa shape index (κ3) is 9.02. The van der Waals surface area contributed by atoms with Gasteiger partial charge in [0.2, 0.25) is 0 Å². The summed E-state index contributed by atoms with van der Waals surface area (Å²) in [6, 6.07) is 8.19. The molecule has 0 aliphatic heterocycles. The molecule has 0 heterocycles. The number of unbranched alkanes of at least 4 members (excludes halogenated alkanes) is 6. The van der Waals surface area contributed by atoms with Crippen LogP contribution in [0.3, 0.4) is 0 Å². The number of hydrogen-bond donors (Lipinski definition) is 0. The first kappa shape index (κ1) is 20.1. The monoisotopic (exact) mass is 332 g/mol. The molecule has 23 heavy (non-hydrogen) atoms. The fourth-order valence-corrected chi connectivity index (χ4v) is 4.86. The Morgan fingerprint density at radius 1 is 0.826 bits per heavy atom. The summed E-state index contributed by atoms with van der Waals surface area (Å²) in [5, 5.41) is 0. The van der Waals surface area contributed by atoms with Crippen LogP contribution in [0.15, 0.2) is 24.3 Å². The summed E-state index contributed by atoms with van der Waals surface area (Å²) in [5.41, 5.74) is 5.41. The molecule has 0 fully saturated rings. The molecule has 0 amide bonds. The highest BCUT2D eigenvalue weighted by molar-refractivity contribution is 7.69. The van der Waals surface area contributed by atoms with E-state index in [0.29, 0.717) is 0 Å². The van der Waals surface area contributed by atoms with E-state index in [1.807, 2.05) is 12.1 Å². The molecule has 0 spiro atoms. The van der Waals surface area contributed by atoms with Crippen molar-refractivity contribution in [3.63, 3.8) is 0 Å². The summed E-state index contributed by atoms with van der Waals surface area (Å²) < 4.78 is 13.2. The van der Waals surface area contributed by atoms with Crippen LogP contribution >= 0.6 is 7.14 Å². The SMILES string of the molecule is CCCCCCP(=O)(C#Cc1ccc(C)cc1)CCCCCC. The van der Waals surface area contributed by atoms with Gasteiger partial charge in [0.05, 0.1) is 0 Å². The van der Waals surface area contributed by atoms with E-state index in [-0.39, 0.29) is 0 Å². The molecule has 0 atom stereocenters. The van der Waals surface area contributed by atoms with E-state index < -0.39 is 7.14 Å². The van der Waals surface area contributed by atoms with Gasteiger partial charge in [-0.3, -0.25) is 0 Å². The van der Waals surface area contributed by atoms with E-state index in [2.05, 4.69) is 44.5 Å². The topological polar surface area (TPSA) is 17.1 Å². The lowest BCUT2D eigenvalue weighted by Crippen LogP contribution is -1.95. The second-order valence-corrected chi connectivity index (χ2v) is 9.46. The van der Waals surface area contributed by atoms with E-state index in [1.54, 1.807) is 0 Å². The average molecular weight is 332 g/mol. The van der Waals surface area contributed by atoms with E-state index in [1.165, 1.54) is 44.1 Å². The molecule has 0 saturated carbocycles.